The molecule has 1 nitrogen and oxygen atoms in total. The smallest absolute Gasteiger partial charge is 0.212 e. The third-order valence-corrected chi connectivity index (χ3v) is 1.69. The van der Waals surface area contributed by atoms with E-state index in [1.807, 2.05) is 5.37 Å². The third kappa shape index (κ3) is 2.42. The highest BCUT2D eigenvalue weighted by Gasteiger charge is 2.32. The lowest BCUT2D eigenvalue weighted by Gasteiger charge is -2.07. The lowest BCUT2D eigenvalue weighted by molar-refractivity contribution is -0.137. The zero-order chi connectivity index (χ0) is 9.90. The molecule has 0 bridgehead atoms. The van der Waals surface area contributed by atoms with Crippen LogP contribution in [0.5, 0.6) is 0 Å². The van der Waals surface area contributed by atoms with Crippen molar-refractivity contribution in [3.63, 3.8) is 0 Å². The van der Waals surface area contributed by atoms with Crippen molar-refractivity contribution in [1.29, 1.82) is 0 Å². The molecule has 0 spiro atoms. The van der Waals surface area contributed by atoms with Gasteiger partial charge in [-0.05, 0) is 6.07 Å². The summed E-state index contributed by atoms with van der Waals surface area (Å²) in [4.78, 5) is 0. The molecular formula is C8H4F3OS. The van der Waals surface area contributed by atoms with Crippen LogP contribution >= 0.6 is 0 Å². The summed E-state index contributed by atoms with van der Waals surface area (Å²) in [6, 6.07) is 4.81. The van der Waals surface area contributed by atoms with E-state index in [1.54, 1.807) is 0 Å². The van der Waals surface area contributed by atoms with Crippen LogP contribution in [0, 0.1) is 0 Å². The van der Waals surface area contributed by atoms with Gasteiger partial charge in [-0.2, -0.15) is 13.2 Å². The Morgan fingerprint density at radius 3 is 2.38 bits per heavy atom. The maximum Gasteiger partial charge on any atom is 0.417 e. The van der Waals surface area contributed by atoms with E-state index < -0.39 is 11.7 Å². The van der Waals surface area contributed by atoms with Gasteiger partial charge in [0.15, 0.2) is 0 Å². The Morgan fingerprint density at radius 1 is 1.23 bits per heavy atom. The van der Waals surface area contributed by atoms with Gasteiger partial charge < -0.3 is 0 Å². The van der Waals surface area contributed by atoms with Crippen LogP contribution < -0.4 is 0 Å². The molecule has 0 aliphatic rings. The molecule has 0 saturated carbocycles. The second kappa shape index (κ2) is 3.74. The molecule has 0 N–H and O–H groups in total. The zero-order valence-electron chi connectivity index (χ0n) is 6.26. The minimum atomic E-state index is -4.43. The van der Waals surface area contributed by atoms with Gasteiger partial charge in [0, 0.05) is 5.56 Å². The van der Waals surface area contributed by atoms with Crippen LogP contribution in [0.4, 0.5) is 13.2 Å². The van der Waals surface area contributed by atoms with Crippen LogP contribution in [0.15, 0.2) is 24.3 Å². The fourth-order valence-corrected chi connectivity index (χ4v) is 1.13. The summed E-state index contributed by atoms with van der Waals surface area (Å²) in [5.41, 5.74) is -1.05. The molecule has 0 aromatic heterocycles. The fourth-order valence-electron chi connectivity index (χ4n) is 0.864. The minimum Gasteiger partial charge on any atom is -0.212 e. The minimum absolute atomic E-state index is 0.115. The fraction of sp³-hybridized carbons (Fsp3) is 0.125. The molecule has 13 heavy (non-hydrogen) atoms. The van der Waals surface area contributed by atoms with E-state index >= 15 is 0 Å². The summed E-state index contributed by atoms with van der Waals surface area (Å²) in [6.07, 6.45) is -4.43. The van der Waals surface area contributed by atoms with Gasteiger partial charge in [0.2, 0.25) is 0 Å². The first kappa shape index (κ1) is 9.98. The summed E-state index contributed by atoms with van der Waals surface area (Å²) in [7, 11) is 0. The van der Waals surface area contributed by atoms with E-state index in [9.17, 15) is 17.4 Å². The molecule has 1 radical (unpaired) electrons. The highest BCUT2D eigenvalue weighted by Crippen LogP contribution is 2.30. The molecule has 0 unspecified atom stereocenters. The predicted octanol–water partition coefficient (Wildman–Crippen LogP) is 1.95. The maximum atomic E-state index is 12.2. The molecule has 0 heterocycles. The number of hydrogen-bond donors (Lipinski definition) is 0. The van der Waals surface area contributed by atoms with E-state index in [-0.39, 0.29) is 16.8 Å². The van der Waals surface area contributed by atoms with E-state index in [0.717, 1.165) is 6.07 Å². The first-order chi connectivity index (χ1) is 6.05. The summed E-state index contributed by atoms with van der Waals surface area (Å²) >= 11 is -0.115. The topological polar surface area (TPSA) is 17.1 Å². The Balaban J connectivity index is 3.27. The maximum absolute atomic E-state index is 12.2. The molecular weight excluding hydrogens is 201 g/mol. The highest BCUT2D eigenvalue weighted by atomic mass is 32.1. The van der Waals surface area contributed by atoms with Crippen molar-refractivity contribution in [3.05, 3.63) is 35.4 Å². The molecule has 5 heteroatoms. The third-order valence-electron chi connectivity index (χ3n) is 1.38. The van der Waals surface area contributed by atoms with Gasteiger partial charge in [-0.25, -0.2) is 4.21 Å². The van der Waals surface area contributed by atoms with Crippen molar-refractivity contribution < 1.29 is 17.4 Å². The number of alkyl halides is 3. The summed E-state index contributed by atoms with van der Waals surface area (Å²) in [5.74, 6) is 0. The van der Waals surface area contributed by atoms with E-state index in [0.29, 0.717) is 0 Å². The van der Waals surface area contributed by atoms with Crippen LogP contribution in [-0.2, 0) is 17.4 Å². The quantitative estimate of drug-likeness (QED) is 0.640. The lowest BCUT2D eigenvalue weighted by atomic mass is 10.1. The lowest BCUT2D eigenvalue weighted by Crippen LogP contribution is -2.08. The Bertz CT molecular complexity index is 353. The van der Waals surface area contributed by atoms with Crippen molar-refractivity contribution >= 4 is 16.6 Å². The van der Waals surface area contributed by atoms with E-state index in [4.69, 9.17) is 0 Å². The van der Waals surface area contributed by atoms with Crippen molar-refractivity contribution in [1.82, 2.24) is 0 Å². The molecule has 0 aliphatic heterocycles. The first-order valence-corrected chi connectivity index (χ1v) is 4.01. The van der Waals surface area contributed by atoms with E-state index in [1.165, 1.54) is 18.2 Å². The monoisotopic (exact) mass is 205 g/mol. The van der Waals surface area contributed by atoms with Gasteiger partial charge >= 0.3 is 6.18 Å². The van der Waals surface area contributed by atoms with Gasteiger partial charge in [0.25, 0.3) is 0 Å². The van der Waals surface area contributed by atoms with Gasteiger partial charge in [-0.1, -0.05) is 18.2 Å². The van der Waals surface area contributed by atoms with Crippen molar-refractivity contribution in [2.45, 2.75) is 6.18 Å². The largest absolute Gasteiger partial charge is 0.417 e. The Kier molecular flexibility index (Phi) is 2.87. The van der Waals surface area contributed by atoms with Crippen LogP contribution in [0.1, 0.15) is 11.1 Å². The number of benzene rings is 1. The van der Waals surface area contributed by atoms with Crippen LogP contribution in [0.3, 0.4) is 0 Å². The summed E-state index contributed by atoms with van der Waals surface area (Å²) in [6.45, 7) is 0. The number of rotatable bonds is 1. The number of halogens is 3. The van der Waals surface area contributed by atoms with Crippen LogP contribution in [-0.4, -0.2) is 9.58 Å². The van der Waals surface area contributed by atoms with Crippen LogP contribution in [0.25, 0.3) is 0 Å². The van der Waals surface area contributed by atoms with Gasteiger partial charge in [-0.15, -0.1) is 0 Å². The van der Waals surface area contributed by atoms with E-state index in [2.05, 4.69) is 0 Å². The average Bonchev–Trinajstić information content (AvgIpc) is 2.04. The van der Waals surface area contributed by atoms with Crippen LogP contribution in [0.2, 0.25) is 0 Å². The van der Waals surface area contributed by atoms with Crippen molar-refractivity contribution in [2.75, 3.05) is 0 Å². The molecule has 0 saturated heterocycles. The summed E-state index contributed by atoms with van der Waals surface area (Å²) in [5, 5.41) is 2.02. The highest BCUT2D eigenvalue weighted by molar-refractivity contribution is 7.65. The molecule has 69 valence electrons. The molecule has 0 amide bonds. The molecule has 0 aliphatic carbocycles. The normalized spacial score (nSPS) is 11.0. The van der Waals surface area contributed by atoms with Gasteiger partial charge in [0.1, 0.15) is 0 Å². The molecule has 0 fully saturated rings. The second-order valence-electron chi connectivity index (χ2n) is 2.23. The second-order valence-corrected chi connectivity index (χ2v) is 2.60. The van der Waals surface area contributed by atoms with Crippen molar-refractivity contribution in [2.24, 2.45) is 0 Å². The SMILES string of the molecule is O=S=[C]c1ccccc1C(F)(F)F. The molecule has 1 rings (SSSR count). The van der Waals surface area contributed by atoms with Gasteiger partial charge in [0.05, 0.1) is 22.2 Å². The Labute approximate surface area is 76.3 Å². The van der Waals surface area contributed by atoms with Gasteiger partial charge in [-0.3, -0.25) is 0 Å². The molecule has 0 atom stereocenters. The summed E-state index contributed by atoms with van der Waals surface area (Å²) < 4.78 is 46.7. The first-order valence-electron chi connectivity index (χ1n) is 3.27. The Morgan fingerprint density at radius 2 is 1.85 bits per heavy atom. The standard InChI is InChI=1S/C8H4F3OS/c9-8(10,11)7-4-2-1-3-6(7)5-13-12/h1-4H. The number of hydrogen-bond acceptors (Lipinski definition) is 1. The zero-order valence-corrected chi connectivity index (χ0v) is 7.08. The molecule has 1 aromatic carbocycles. The van der Waals surface area contributed by atoms with Crippen molar-refractivity contribution in [3.8, 4) is 0 Å². The predicted molar refractivity (Wildman–Crippen MR) is 43.7 cm³/mol. The Hall–Kier alpha value is -1.10. The molecule has 1 aromatic rings. The average molecular weight is 205 g/mol.